The van der Waals surface area contributed by atoms with Gasteiger partial charge in [-0.05, 0) is 35.7 Å². The summed E-state index contributed by atoms with van der Waals surface area (Å²) in [5, 5.41) is 3.12. The third-order valence-electron chi connectivity index (χ3n) is 5.16. The van der Waals surface area contributed by atoms with E-state index in [0.29, 0.717) is 26.7 Å². The molecule has 1 aliphatic heterocycles. The van der Waals surface area contributed by atoms with Gasteiger partial charge in [0.05, 0.1) is 17.0 Å². The Morgan fingerprint density at radius 3 is 2.66 bits per heavy atom. The molecule has 3 heterocycles. The molecule has 7 heteroatoms. The molecule has 5 nitrogen and oxygen atoms in total. The highest BCUT2D eigenvalue weighted by atomic mass is 35.5. The monoisotopic (exact) mass is 422 g/mol. The largest absolute Gasteiger partial charge is 0.450 e. The lowest BCUT2D eigenvalue weighted by atomic mass is 9.97. The Morgan fingerprint density at radius 2 is 1.97 bits per heavy atom. The van der Waals surface area contributed by atoms with Crippen molar-refractivity contribution in [3.63, 3.8) is 0 Å². The summed E-state index contributed by atoms with van der Waals surface area (Å²) in [4.78, 5) is 32.6. The molecular formula is C22H15ClN2O3S. The Morgan fingerprint density at radius 1 is 1.17 bits per heavy atom. The molecular weight excluding hydrogens is 408 g/mol. The van der Waals surface area contributed by atoms with Crippen molar-refractivity contribution in [1.82, 2.24) is 4.98 Å². The van der Waals surface area contributed by atoms with Crippen LogP contribution < -0.4 is 10.3 Å². The minimum absolute atomic E-state index is 0.0598. The number of anilines is 1. The SMILES string of the molecule is CCc1ccc(C2c3c(oc4ccc(Cl)cc4c3=O)C(=O)N2c2nccs2)cc1. The number of carbonyl (C=O) groups excluding carboxylic acids is 1. The second-order valence-electron chi connectivity index (χ2n) is 6.80. The third kappa shape index (κ3) is 2.79. The van der Waals surface area contributed by atoms with Gasteiger partial charge in [-0.25, -0.2) is 4.98 Å². The van der Waals surface area contributed by atoms with Gasteiger partial charge in [-0.2, -0.15) is 0 Å². The molecule has 0 fully saturated rings. The maximum atomic E-state index is 13.4. The summed E-state index contributed by atoms with van der Waals surface area (Å²) in [5.74, 6) is -0.307. The van der Waals surface area contributed by atoms with E-state index in [-0.39, 0.29) is 17.1 Å². The van der Waals surface area contributed by atoms with Crippen molar-refractivity contribution >= 4 is 44.9 Å². The predicted octanol–water partition coefficient (Wildman–Crippen LogP) is 5.22. The number of hydrogen-bond acceptors (Lipinski definition) is 5. The third-order valence-corrected chi connectivity index (χ3v) is 6.17. The number of halogens is 1. The van der Waals surface area contributed by atoms with E-state index in [1.807, 2.05) is 24.3 Å². The summed E-state index contributed by atoms with van der Waals surface area (Å²) >= 11 is 7.44. The Kier molecular flexibility index (Phi) is 4.26. The van der Waals surface area contributed by atoms with E-state index in [2.05, 4.69) is 11.9 Å². The number of rotatable bonds is 3. The van der Waals surface area contributed by atoms with Crippen molar-refractivity contribution in [2.75, 3.05) is 4.90 Å². The van der Waals surface area contributed by atoms with Gasteiger partial charge in [-0.15, -0.1) is 11.3 Å². The zero-order valence-electron chi connectivity index (χ0n) is 15.4. The zero-order chi connectivity index (χ0) is 20.1. The molecule has 4 aromatic rings. The average molecular weight is 423 g/mol. The maximum absolute atomic E-state index is 13.4. The fourth-order valence-electron chi connectivity index (χ4n) is 3.73. The van der Waals surface area contributed by atoms with Crippen LogP contribution in [-0.2, 0) is 6.42 Å². The fraction of sp³-hybridized carbons (Fsp3) is 0.136. The number of fused-ring (bicyclic) bond motifs is 2. The highest BCUT2D eigenvalue weighted by Gasteiger charge is 2.44. The van der Waals surface area contributed by atoms with Gasteiger partial charge >= 0.3 is 0 Å². The van der Waals surface area contributed by atoms with E-state index in [1.54, 1.807) is 34.7 Å². The minimum Gasteiger partial charge on any atom is -0.450 e. The maximum Gasteiger partial charge on any atom is 0.297 e. The average Bonchev–Trinajstić information content (AvgIpc) is 3.35. The van der Waals surface area contributed by atoms with Crippen LogP contribution in [0.1, 0.15) is 40.2 Å². The number of amides is 1. The highest BCUT2D eigenvalue weighted by Crippen LogP contribution is 2.41. The Labute approximate surface area is 175 Å². The van der Waals surface area contributed by atoms with Gasteiger partial charge < -0.3 is 4.42 Å². The van der Waals surface area contributed by atoms with E-state index >= 15 is 0 Å². The number of aryl methyl sites for hydroxylation is 1. The van der Waals surface area contributed by atoms with E-state index in [4.69, 9.17) is 16.0 Å². The summed E-state index contributed by atoms with van der Waals surface area (Å²) in [7, 11) is 0. The van der Waals surface area contributed by atoms with Crippen molar-refractivity contribution in [2.24, 2.45) is 0 Å². The van der Waals surface area contributed by atoms with Crippen LogP contribution in [0.5, 0.6) is 0 Å². The van der Waals surface area contributed by atoms with Crippen LogP contribution >= 0.6 is 22.9 Å². The molecule has 1 amide bonds. The second-order valence-corrected chi connectivity index (χ2v) is 8.11. The summed E-state index contributed by atoms with van der Waals surface area (Å²) in [6.07, 6.45) is 2.54. The Hall–Kier alpha value is -2.96. The number of thiazole rings is 1. The second kappa shape index (κ2) is 6.83. The molecule has 2 aromatic carbocycles. The van der Waals surface area contributed by atoms with Gasteiger partial charge in [-0.3, -0.25) is 14.5 Å². The van der Waals surface area contributed by atoms with E-state index < -0.39 is 6.04 Å². The molecule has 0 aliphatic carbocycles. The first-order valence-corrected chi connectivity index (χ1v) is 10.4. The molecule has 5 rings (SSSR count). The summed E-state index contributed by atoms with van der Waals surface area (Å²) in [6.45, 7) is 2.08. The highest BCUT2D eigenvalue weighted by molar-refractivity contribution is 7.13. The van der Waals surface area contributed by atoms with E-state index in [1.165, 1.54) is 16.9 Å². The molecule has 0 saturated heterocycles. The lowest BCUT2D eigenvalue weighted by Gasteiger charge is -2.22. The molecule has 1 aliphatic rings. The van der Waals surface area contributed by atoms with Crippen LogP contribution in [0, 0.1) is 0 Å². The molecule has 2 aromatic heterocycles. The van der Waals surface area contributed by atoms with Gasteiger partial charge in [0.15, 0.2) is 10.6 Å². The molecule has 144 valence electrons. The topological polar surface area (TPSA) is 63.4 Å². The first-order chi connectivity index (χ1) is 14.1. The summed E-state index contributed by atoms with van der Waals surface area (Å²) in [5.41, 5.74) is 2.42. The molecule has 1 atom stereocenters. The Balaban J connectivity index is 1.80. The number of aromatic nitrogens is 1. The smallest absolute Gasteiger partial charge is 0.297 e. The summed E-state index contributed by atoms with van der Waals surface area (Å²) < 4.78 is 5.90. The number of nitrogens with zero attached hydrogens (tertiary/aromatic N) is 2. The molecule has 0 bridgehead atoms. The number of carbonyl (C=O) groups is 1. The molecule has 29 heavy (non-hydrogen) atoms. The van der Waals surface area contributed by atoms with E-state index in [9.17, 15) is 9.59 Å². The first kappa shape index (κ1) is 18.1. The lowest BCUT2D eigenvalue weighted by molar-refractivity contribution is 0.0971. The van der Waals surface area contributed by atoms with E-state index in [0.717, 1.165) is 12.0 Å². The van der Waals surface area contributed by atoms with Crippen molar-refractivity contribution in [3.05, 3.63) is 91.7 Å². The standard InChI is InChI=1S/C22H15ClN2O3S/c1-2-12-3-5-13(6-4-12)18-17-19(26)15-11-14(23)7-8-16(15)28-20(17)21(27)25(18)22-24-9-10-29-22/h3-11,18H,2H2,1H3. The molecule has 0 saturated carbocycles. The number of benzene rings is 2. The van der Waals surface area contributed by atoms with Crippen molar-refractivity contribution < 1.29 is 9.21 Å². The van der Waals surface area contributed by atoms with Gasteiger partial charge in [0.25, 0.3) is 5.91 Å². The van der Waals surface area contributed by atoms with Crippen molar-refractivity contribution in [1.29, 1.82) is 0 Å². The molecule has 0 radical (unpaired) electrons. The Bertz CT molecular complexity index is 1300. The van der Waals surface area contributed by atoms with Crippen molar-refractivity contribution in [2.45, 2.75) is 19.4 Å². The van der Waals surface area contributed by atoms with Gasteiger partial charge in [0.1, 0.15) is 5.58 Å². The summed E-state index contributed by atoms with van der Waals surface area (Å²) in [6, 6.07) is 12.2. The zero-order valence-corrected chi connectivity index (χ0v) is 17.0. The van der Waals surface area contributed by atoms with Crippen molar-refractivity contribution in [3.8, 4) is 0 Å². The van der Waals surface area contributed by atoms with Crippen LogP contribution in [0.25, 0.3) is 11.0 Å². The fourth-order valence-corrected chi connectivity index (χ4v) is 4.57. The van der Waals surface area contributed by atoms with Gasteiger partial charge in [0.2, 0.25) is 5.76 Å². The first-order valence-electron chi connectivity index (χ1n) is 9.16. The normalized spacial score (nSPS) is 15.9. The van der Waals surface area contributed by atoms with Crippen LogP contribution in [0.4, 0.5) is 5.13 Å². The quantitative estimate of drug-likeness (QED) is 0.454. The predicted molar refractivity (Wildman–Crippen MR) is 114 cm³/mol. The van der Waals surface area contributed by atoms with Crippen LogP contribution in [-0.4, -0.2) is 10.9 Å². The molecule has 1 unspecified atom stereocenters. The van der Waals surface area contributed by atoms with Crippen LogP contribution in [0.15, 0.2) is 63.3 Å². The van der Waals surface area contributed by atoms with Gasteiger partial charge in [-0.1, -0.05) is 42.8 Å². The van der Waals surface area contributed by atoms with Crippen LogP contribution in [0.3, 0.4) is 0 Å². The minimum atomic E-state index is -0.603. The molecule has 0 N–H and O–H groups in total. The molecule has 0 spiro atoms. The number of hydrogen-bond donors (Lipinski definition) is 0. The van der Waals surface area contributed by atoms with Crippen LogP contribution in [0.2, 0.25) is 5.02 Å². The lowest BCUT2D eigenvalue weighted by Crippen LogP contribution is -2.29. The van der Waals surface area contributed by atoms with Gasteiger partial charge in [0, 0.05) is 16.6 Å².